The van der Waals surface area contributed by atoms with Crippen molar-refractivity contribution in [2.24, 2.45) is 0 Å². The lowest BCUT2D eigenvalue weighted by Gasteiger charge is -2.25. The van der Waals surface area contributed by atoms with Crippen LogP contribution in [0.25, 0.3) is 77.7 Å². The molecule has 0 saturated heterocycles. The Labute approximate surface area is 294 Å². The number of aryl methyl sites for hydroxylation is 1. The van der Waals surface area contributed by atoms with E-state index in [4.69, 9.17) is 13.3 Å². The molecular weight excluding hydrogens is 627 g/mol. The standard InChI is InChI=1S/C47H31NO3/c1-30-17-19-32(20-18-30)42-26-34-25-38-39(29-45(34)49-42)47-41(40-27-43(50-46(38)40)31-11-5-2-6-12-31)28-44(51-47)33-21-23-37(24-22-33)48(35-13-7-3-8-14-35)36-15-9-4-10-16-36/h2-29H,1H3. The Balaban J connectivity index is 1.14. The van der Waals surface area contributed by atoms with Gasteiger partial charge in [-0.2, -0.15) is 0 Å². The molecular formula is C47H31NO3. The number of benzene rings is 7. The molecule has 0 radical (unpaired) electrons. The Morgan fingerprint density at radius 1 is 0.373 bits per heavy atom. The van der Waals surface area contributed by atoms with E-state index in [0.717, 1.165) is 94.7 Å². The lowest BCUT2D eigenvalue weighted by Crippen LogP contribution is -2.09. The van der Waals surface area contributed by atoms with Gasteiger partial charge in [0.1, 0.15) is 34.0 Å². The fraction of sp³-hybridized carbons (Fsp3) is 0.0213. The molecule has 51 heavy (non-hydrogen) atoms. The fourth-order valence-electron chi connectivity index (χ4n) is 7.17. The van der Waals surface area contributed by atoms with Gasteiger partial charge in [-0.3, -0.25) is 0 Å². The topological polar surface area (TPSA) is 42.7 Å². The zero-order chi connectivity index (χ0) is 33.9. The van der Waals surface area contributed by atoms with Crippen molar-refractivity contribution in [3.63, 3.8) is 0 Å². The number of fused-ring (bicyclic) bond motifs is 7. The van der Waals surface area contributed by atoms with E-state index in [9.17, 15) is 0 Å². The van der Waals surface area contributed by atoms with Crippen LogP contribution in [0.15, 0.2) is 183 Å². The van der Waals surface area contributed by atoms with E-state index in [2.05, 4.69) is 151 Å². The van der Waals surface area contributed by atoms with Crippen molar-refractivity contribution in [3.8, 4) is 34.0 Å². The molecule has 0 aliphatic carbocycles. The van der Waals surface area contributed by atoms with Gasteiger partial charge in [-0.25, -0.2) is 0 Å². The summed E-state index contributed by atoms with van der Waals surface area (Å²) in [4.78, 5) is 2.26. The molecule has 0 atom stereocenters. The smallest absolute Gasteiger partial charge is 0.143 e. The van der Waals surface area contributed by atoms with Crippen LogP contribution in [-0.2, 0) is 0 Å². The van der Waals surface area contributed by atoms with E-state index < -0.39 is 0 Å². The summed E-state index contributed by atoms with van der Waals surface area (Å²) in [6.07, 6.45) is 0. The minimum Gasteiger partial charge on any atom is -0.456 e. The average molecular weight is 658 g/mol. The second kappa shape index (κ2) is 11.7. The van der Waals surface area contributed by atoms with Crippen molar-refractivity contribution in [1.29, 1.82) is 0 Å². The van der Waals surface area contributed by atoms with Crippen molar-refractivity contribution in [1.82, 2.24) is 0 Å². The third kappa shape index (κ3) is 5.00. The lowest BCUT2D eigenvalue weighted by atomic mass is 10.0. The van der Waals surface area contributed by atoms with Gasteiger partial charge < -0.3 is 18.2 Å². The molecule has 0 saturated carbocycles. The number of para-hydroxylation sites is 2. The molecule has 3 aromatic heterocycles. The van der Waals surface area contributed by atoms with E-state index in [1.165, 1.54) is 5.56 Å². The summed E-state index contributed by atoms with van der Waals surface area (Å²) in [7, 11) is 0. The molecule has 0 aliphatic rings. The molecule has 0 aliphatic heterocycles. The van der Waals surface area contributed by atoms with Gasteiger partial charge in [0.05, 0.1) is 0 Å². The molecule has 0 unspecified atom stereocenters. The van der Waals surface area contributed by atoms with Gasteiger partial charge in [0.2, 0.25) is 0 Å². The van der Waals surface area contributed by atoms with Gasteiger partial charge in [-0.15, -0.1) is 0 Å². The summed E-state index contributed by atoms with van der Waals surface area (Å²) in [5.74, 6) is 2.44. The molecule has 0 N–H and O–H groups in total. The molecule has 10 rings (SSSR count). The van der Waals surface area contributed by atoms with E-state index in [1.54, 1.807) is 0 Å². The molecule has 10 aromatic rings. The highest BCUT2D eigenvalue weighted by Gasteiger charge is 2.21. The zero-order valence-electron chi connectivity index (χ0n) is 27.8. The predicted molar refractivity (Wildman–Crippen MR) is 209 cm³/mol. The Kier molecular flexibility index (Phi) is 6.68. The van der Waals surface area contributed by atoms with Crippen LogP contribution >= 0.6 is 0 Å². The van der Waals surface area contributed by atoms with Crippen LogP contribution in [0, 0.1) is 6.92 Å². The number of nitrogens with zero attached hydrogens (tertiary/aromatic N) is 1. The number of rotatable bonds is 6. The first-order valence-electron chi connectivity index (χ1n) is 17.2. The molecule has 4 nitrogen and oxygen atoms in total. The van der Waals surface area contributed by atoms with E-state index >= 15 is 0 Å². The van der Waals surface area contributed by atoms with E-state index in [-0.39, 0.29) is 0 Å². The quantitative estimate of drug-likeness (QED) is 0.178. The molecule has 7 aromatic carbocycles. The minimum atomic E-state index is 0.790. The van der Waals surface area contributed by atoms with Gasteiger partial charge in [0, 0.05) is 60.7 Å². The number of furan rings is 3. The van der Waals surface area contributed by atoms with Crippen molar-refractivity contribution >= 4 is 60.7 Å². The molecule has 0 bridgehead atoms. The van der Waals surface area contributed by atoms with Crippen molar-refractivity contribution < 1.29 is 13.3 Å². The lowest BCUT2D eigenvalue weighted by molar-refractivity contribution is 0.628. The second-order valence-electron chi connectivity index (χ2n) is 13.0. The molecule has 0 spiro atoms. The molecule has 3 heterocycles. The van der Waals surface area contributed by atoms with E-state index in [1.807, 2.05) is 30.3 Å². The molecule has 0 amide bonds. The summed E-state index contributed by atoms with van der Waals surface area (Å²) in [5.41, 5.74) is 9.97. The van der Waals surface area contributed by atoms with Crippen LogP contribution in [0.3, 0.4) is 0 Å². The van der Waals surface area contributed by atoms with E-state index in [0.29, 0.717) is 0 Å². The largest absolute Gasteiger partial charge is 0.456 e. The Bertz CT molecular complexity index is 2790. The predicted octanol–water partition coefficient (Wildman–Crippen LogP) is 13.9. The van der Waals surface area contributed by atoms with Crippen LogP contribution in [-0.4, -0.2) is 0 Å². The monoisotopic (exact) mass is 657 g/mol. The molecule has 242 valence electrons. The van der Waals surface area contributed by atoms with Crippen molar-refractivity contribution in [2.45, 2.75) is 6.92 Å². The average Bonchev–Trinajstić information content (AvgIpc) is 3.94. The maximum atomic E-state index is 6.82. The summed E-state index contributed by atoms with van der Waals surface area (Å²) < 4.78 is 20.0. The SMILES string of the molecule is Cc1ccc(-c2cc3cc4c(cc3o2)c2oc(-c3ccc(N(c5ccccc5)c5ccccc5)cc3)cc2c2cc(-c3ccccc3)oc24)cc1. The molecule has 0 fully saturated rings. The van der Waals surface area contributed by atoms with Crippen LogP contribution in [0.2, 0.25) is 0 Å². The van der Waals surface area contributed by atoms with Gasteiger partial charge in [-0.05, 0) is 85.8 Å². The highest BCUT2D eigenvalue weighted by atomic mass is 16.3. The maximum absolute atomic E-state index is 6.82. The Morgan fingerprint density at radius 3 is 1.37 bits per heavy atom. The van der Waals surface area contributed by atoms with Gasteiger partial charge in [-0.1, -0.05) is 96.6 Å². The van der Waals surface area contributed by atoms with Crippen LogP contribution in [0.4, 0.5) is 17.1 Å². The first-order chi connectivity index (χ1) is 25.2. The molecule has 4 heteroatoms. The van der Waals surface area contributed by atoms with Crippen LogP contribution < -0.4 is 4.90 Å². The van der Waals surface area contributed by atoms with Crippen LogP contribution in [0.1, 0.15) is 5.56 Å². The summed E-state index contributed by atoms with van der Waals surface area (Å²) in [6, 6.07) is 58.8. The fourth-order valence-corrected chi connectivity index (χ4v) is 7.17. The van der Waals surface area contributed by atoms with Gasteiger partial charge in [0.25, 0.3) is 0 Å². The third-order valence-corrected chi connectivity index (χ3v) is 9.73. The Morgan fingerprint density at radius 2 is 0.804 bits per heavy atom. The van der Waals surface area contributed by atoms with Crippen molar-refractivity contribution in [3.05, 3.63) is 175 Å². The normalized spacial score (nSPS) is 11.6. The number of hydrogen-bond donors (Lipinski definition) is 0. The maximum Gasteiger partial charge on any atom is 0.143 e. The van der Waals surface area contributed by atoms with Gasteiger partial charge in [0.15, 0.2) is 0 Å². The highest BCUT2D eigenvalue weighted by molar-refractivity contribution is 6.25. The van der Waals surface area contributed by atoms with Gasteiger partial charge >= 0.3 is 0 Å². The highest BCUT2D eigenvalue weighted by Crippen LogP contribution is 2.45. The second-order valence-corrected chi connectivity index (χ2v) is 13.0. The first-order valence-corrected chi connectivity index (χ1v) is 17.2. The summed E-state index contributed by atoms with van der Waals surface area (Å²) in [6.45, 7) is 2.09. The summed E-state index contributed by atoms with van der Waals surface area (Å²) in [5, 5.41) is 4.97. The zero-order valence-corrected chi connectivity index (χ0v) is 27.8. The first kappa shape index (κ1) is 29.2. The van der Waals surface area contributed by atoms with Crippen LogP contribution in [0.5, 0.6) is 0 Å². The Hall–Kier alpha value is -6.78. The third-order valence-electron chi connectivity index (χ3n) is 9.73. The minimum absolute atomic E-state index is 0.790. The summed E-state index contributed by atoms with van der Waals surface area (Å²) >= 11 is 0. The van der Waals surface area contributed by atoms with Crippen molar-refractivity contribution in [2.75, 3.05) is 4.90 Å². The number of anilines is 3. The number of hydrogen-bond acceptors (Lipinski definition) is 4.